The zero-order valence-electron chi connectivity index (χ0n) is 21.9. The van der Waals surface area contributed by atoms with Gasteiger partial charge in [-0.05, 0) is 58.8 Å². The molecule has 10 nitrogen and oxygen atoms in total. The predicted octanol–water partition coefficient (Wildman–Crippen LogP) is 3.31. The third-order valence-electron chi connectivity index (χ3n) is 7.58. The fourth-order valence-electron chi connectivity index (χ4n) is 5.13. The molecule has 2 aliphatic heterocycles. The Morgan fingerprint density at radius 1 is 1.17 bits per heavy atom. The first kappa shape index (κ1) is 25.0. The molecule has 4 heterocycles. The highest BCUT2D eigenvalue weighted by molar-refractivity contribution is 5.77. The molecule has 0 atom stereocenters. The van der Waals surface area contributed by atoms with Crippen LogP contribution in [0.5, 0.6) is 0 Å². The zero-order valence-corrected chi connectivity index (χ0v) is 21.9. The van der Waals surface area contributed by atoms with E-state index in [4.69, 9.17) is 14.8 Å². The van der Waals surface area contributed by atoms with Crippen LogP contribution < -0.4 is 10.6 Å². The number of morpholine rings is 1. The van der Waals surface area contributed by atoms with Crippen molar-refractivity contribution in [1.29, 1.82) is 0 Å². The number of likely N-dealkylation sites (tertiary alicyclic amines) is 1. The van der Waals surface area contributed by atoms with E-state index < -0.39 is 0 Å². The molecule has 2 N–H and O–H groups in total. The Morgan fingerprint density at radius 3 is 2.69 bits per heavy atom. The van der Waals surface area contributed by atoms with Crippen molar-refractivity contribution in [2.45, 2.75) is 70.9 Å². The van der Waals surface area contributed by atoms with Gasteiger partial charge in [-0.2, -0.15) is 10.1 Å². The van der Waals surface area contributed by atoms with Gasteiger partial charge in [-0.15, -0.1) is 0 Å². The molecule has 5 rings (SSSR count). The first-order valence-electron chi connectivity index (χ1n) is 13.5. The highest BCUT2D eigenvalue weighted by Crippen LogP contribution is 2.43. The van der Waals surface area contributed by atoms with Crippen LogP contribution in [-0.2, 0) is 9.53 Å². The molecule has 0 radical (unpaired) electrons. The van der Waals surface area contributed by atoms with Gasteiger partial charge in [0.2, 0.25) is 11.9 Å². The summed E-state index contributed by atoms with van der Waals surface area (Å²) in [6, 6.07) is 1.03. The number of carbonyl (C=O) groups excluding carboxylic acids is 1. The van der Waals surface area contributed by atoms with Gasteiger partial charge < -0.3 is 25.2 Å². The Bertz CT molecular complexity index is 1040. The second-order valence-corrected chi connectivity index (χ2v) is 10.6. The summed E-state index contributed by atoms with van der Waals surface area (Å²) in [5, 5.41) is 11.7. The number of piperidine rings is 1. The lowest BCUT2D eigenvalue weighted by Crippen LogP contribution is -2.42. The average molecular weight is 497 g/mol. The Balaban J connectivity index is 1.20. The number of carbonyl (C=O) groups is 1. The lowest BCUT2D eigenvalue weighted by molar-refractivity contribution is -0.142. The summed E-state index contributed by atoms with van der Waals surface area (Å²) in [5.74, 6) is 2.11. The van der Waals surface area contributed by atoms with Gasteiger partial charge >= 0.3 is 0 Å². The number of hydrogen-bond donors (Lipinski definition) is 2. The fraction of sp³-hybridized carbons (Fsp3) is 0.692. The van der Waals surface area contributed by atoms with Crippen molar-refractivity contribution in [2.75, 3.05) is 56.6 Å². The molecule has 0 aromatic carbocycles. The van der Waals surface area contributed by atoms with Crippen molar-refractivity contribution in [1.82, 2.24) is 29.5 Å². The van der Waals surface area contributed by atoms with Gasteiger partial charge in [0.05, 0.1) is 24.0 Å². The predicted molar refractivity (Wildman–Crippen MR) is 140 cm³/mol. The molecule has 0 bridgehead atoms. The van der Waals surface area contributed by atoms with Crippen LogP contribution in [0.15, 0.2) is 12.4 Å². The number of nitrogens with zero attached hydrogens (tertiary/aromatic N) is 6. The Kier molecular flexibility index (Phi) is 7.71. The smallest absolute Gasteiger partial charge is 0.248 e. The Hall–Kier alpha value is -2.72. The van der Waals surface area contributed by atoms with Crippen LogP contribution >= 0.6 is 0 Å². The summed E-state index contributed by atoms with van der Waals surface area (Å²) >= 11 is 0. The van der Waals surface area contributed by atoms with Gasteiger partial charge in [0.25, 0.3) is 0 Å². The van der Waals surface area contributed by atoms with Crippen molar-refractivity contribution < 1.29 is 9.53 Å². The van der Waals surface area contributed by atoms with E-state index in [1.54, 1.807) is 0 Å². The van der Waals surface area contributed by atoms with Crippen LogP contribution in [0.25, 0.3) is 0 Å². The number of nitrogens with one attached hydrogen (secondary N) is 2. The number of ether oxygens (including phenoxy) is 1. The zero-order chi connectivity index (χ0) is 25.1. The summed E-state index contributed by atoms with van der Waals surface area (Å²) in [7, 11) is 0. The third kappa shape index (κ3) is 5.98. The van der Waals surface area contributed by atoms with Crippen LogP contribution in [0.3, 0.4) is 0 Å². The first-order valence-corrected chi connectivity index (χ1v) is 13.5. The van der Waals surface area contributed by atoms with Crippen molar-refractivity contribution >= 4 is 23.4 Å². The van der Waals surface area contributed by atoms with Crippen molar-refractivity contribution in [3.8, 4) is 0 Å². The van der Waals surface area contributed by atoms with Crippen LogP contribution in [-0.4, -0.2) is 87.4 Å². The van der Waals surface area contributed by atoms with E-state index in [2.05, 4.69) is 45.2 Å². The van der Waals surface area contributed by atoms with E-state index in [0.29, 0.717) is 37.1 Å². The minimum atomic E-state index is 0.0785. The number of aromatic nitrogens is 4. The Labute approximate surface area is 213 Å². The fourth-order valence-corrected chi connectivity index (χ4v) is 5.13. The number of rotatable bonds is 10. The molecule has 1 amide bonds. The van der Waals surface area contributed by atoms with Gasteiger partial charge in [-0.1, -0.05) is 0 Å². The monoisotopic (exact) mass is 496 g/mol. The molecule has 196 valence electrons. The molecule has 0 unspecified atom stereocenters. The van der Waals surface area contributed by atoms with Crippen LogP contribution in [0.2, 0.25) is 0 Å². The van der Waals surface area contributed by atoms with Crippen LogP contribution in [0, 0.1) is 6.92 Å². The average Bonchev–Trinajstić information content (AvgIpc) is 3.66. The third-order valence-corrected chi connectivity index (χ3v) is 7.58. The maximum absolute atomic E-state index is 11.9. The summed E-state index contributed by atoms with van der Waals surface area (Å²) in [6.07, 6.45) is 9.55. The topological polar surface area (TPSA) is 100 Å². The highest BCUT2D eigenvalue weighted by Gasteiger charge is 2.28. The number of anilines is 3. The van der Waals surface area contributed by atoms with E-state index in [9.17, 15) is 4.79 Å². The number of amides is 1. The minimum Gasteiger partial charge on any atom is -0.370 e. The maximum Gasteiger partial charge on any atom is 0.248 e. The maximum atomic E-state index is 11.9. The van der Waals surface area contributed by atoms with E-state index in [1.165, 1.54) is 18.4 Å². The quantitative estimate of drug-likeness (QED) is 0.483. The second-order valence-electron chi connectivity index (χ2n) is 10.6. The molecule has 36 heavy (non-hydrogen) atoms. The molecular weight excluding hydrogens is 456 g/mol. The minimum absolute atomic E-state index is 0.0785. The second kappa shape index (κ2) is 11.1. The van der Waals surface area contributed by atoms with Crippen LogP contribution in [0.1, 0.15) is 69.2 Å². The van der Waals surface area contributed by atoms with Crippen LogP contribution in [0.4, 0.5) is 17.5 Å². The molecule has 1 saturated carbocycles. The molecule has 3 aliphatic rings. The molecular formula is C26H40N8O2. The molecule has 10 heteroatoms. The van der Waals surface area contributed by atoms with Crippen molar-refractivity contribution in [2.24, 2.45) is 0 Å². The van der Waals surface area contributed by atoms with Crippen molar-refractivity contribution in [3.05, 3.63) is 23.7 Å². The molecule has 2 aromatic rings. The van der Waals surface area contributed by atoms with E-state index >= 15 is 0 Å². The van der Waals surface area contributed by atoms with E-state index in [0.717, 1.165) is 62.6 Å². The Morgan fingerprint density at radius 2 is 1.97 bits per heavy atom. The molecule has 2 aromatic heterocycles. The van der Waals surface area contributed by atoms with Gasteiger partial charge in [0, 0.05) is 56.7 Å². The molecule has 3 fully saturated rings. The number of aryl methyl sites for hydroxylation is 1. The number of hydrogen-bond acceptors (Lipinski definition) is 8. The van der Waals surface area contributed by atoms with E-state index in [1.807, 2.05) is 18.0 Å². The molecule has 1 aliphatic carbocycles. The van der Waals surface area contributed by atoms with Gasteiger partial charge in [0.15, 0.2) is 0 Å². The van der Waals surface area contributed by atoms with E-state index in [-0.39, 0.29) is 12.5 Å². The normalized spacial score (nSPS) is 19.8. The first-order chi connectivity index (χ1) is 17.5. The lowest BCUT2D eigenvalue weighted by Gasteiger charge is -2.34. The molecule has 2 saturated heterocycles. The van der Waals surface area contributed by atoms with Gasteiger partial charge in [-0.3, -0.25) is 9.48 Å². The molecule has 0 spiro atoms. The largest absolute Gasteiger partial charge is 0.370 e. The summed E-state index contributed by atoms with van der Waals surface area (Å²) < 4.78 is 7.34. The summed E-state index contributed by atoms with van der Waals surface area (Å²) in [5.41, 5.74) is 3.10. The summed E-state index contributed by atoms with van der Waals surface area (Å²) in [6.45, 7) is 11.8. The van der Waals surface area contributed by atoms with Gasteiger partial charge in [0.1, 0.15) is 12.4 Å². The van der Waals surface area contributed by atoms with Crippen molar-refractivity contribution in [3.63, 3.8) is 0 Å². The standard InChI is InChI=1S/C26H40N8O2/c1-18(2)32-11-7-21(8-12-32)34-16-23(19(3)31-34)29-26-28-15-22(20-5-6-20)25(30-26)27-9-4-10-33-13-14-36-17-24(33)35/h15-16,18,20-21H,4-14,17H2,1-3H3,(H2,27,28,29,30). The summed E-state index contributed by atoms with van der Waals surface area (Å²) in [4.78, 5) is 25.8. The SMILES string of the molecule is Cc1nn(C2CCN(C(C)C)CC2)cc1Nc1ncc(C2CC2)c(NCCCN2CCOCC2=O)n1. The highest BCUT2D eigenvalue weighted by atomic mass is 16.5. The lowest BCUT2D eigenvalue weighted by atomic mass is 10.0. The van der Waals surface area contributed by atoms with Gasteiger partial charge in [-0.25, -0.2) is 4.98 Å².